The number of fused-ring (bicyclic) bond motifs is 1. The lowest BCUT2D eigenvalue weighted by Gasteiger charge is -2.36. The molecule has 5 heteroatoms. The molecular weight excluding hydrogens is 282 g/mol. The third kappa shape index (κ3) is 3.04. The van der Waals surface area contributed by atoms with Gasteiger partial charge in [-0.05, 0) is 36.8 Å². The molecule has 1 aromatic heterocycles. The van der Waals surface area contributed by atoms with Gasteiger partial charge in [-0.3, -0.25) is 0 Å². The summed E-state index contributed by atoms with van der Waals surface area (Å²) in [6.45, 7) is 4.60. The Morgan fingerprint density at radius 3 is 2.86 bits per heavy atom. The molecular formula is C16H23N3OS. The molecule has 1 saturated carbocycles. The second kappa shape index (κ2) is 5.89. The Kier molecular flexibility index (Phi) is 4.13. The average molecular weight is 305 g/mol. The Hall–Kier alpha value is -1.20. The summed E-state index contributed by atoms with van der Waals surface area (Å²) >= 11 is 1.79. The number of thioether (sulfide) groups is 1. The van der Waals surface area contributed by atoms with Crippen LogP contribution in [0.15, 0.2) is 23.4 Å². The van der Waals surface area contributed by atoms with Gasteiger partial charge in [-0.25, -0.2) is 4.98 Å². The van der Waals surface area contributed by atoms with Crippen LogP contribution in [0.25, 0.3) is 11.0 Å². The Bertz CT molecular complexity index is 615. The molecule has 0 bridgehead atoms. The van der Waals surface area contributed by atoms with Crippen molar-refractivity contribution in [3.63, 3.8) is 0 Å². The number of rotatable bonds is 3. The number of ether oxygens (including phenoxy) is 1. The van der Waals surface area contributed by atoms with Crippen LogP contribution in [0.1, 0.15) is 26.7 Å². The van der Waals surface area contributed by atoms with Crippen molar-refractivity contribution in [2.45, 2.75) is 43.1 Å². The summed E-state index contributed by atoms with van der Waals surface area (Å²) in [7, 11) is 1.68. The molecule has 0 radical (unpaired) electrons. The average Bonchev–Trinajstić information content (AvgIpc) is 2.84. The molecule has 0 aliphatic heterocycles. The number of nitrogens with two attached hydrogens (primary N) is 1. The maximum Gasteiger partial charge on any atom is 0.166 e. The van der Waals surface area contributed by atoms with Gasteiger partial charge >= 0.3 is 0 Å². The zero-order valence-corrected chi connectivity index (χ0v) is 13.6. The molecule has 0 spiro atoms. The van der Waals surface area contributed by atoms with Gasteiger partial charge in [0.15, 0.2) is 5.16 Å². The number of nitrogens with one attached hydrogen (secondary N) is 1. The van der Waals surface area contributed by atoms with Crippen LogP contribution in [-0.4, -0.2) is 28.4 Å². The van der Waals surface area contributed by atoms with Gasteiger partial charge in [-0.1, -0.05) is 25.6 Å². The van der Waals surface area contributed by atoms with E-state index < -0.39 is 0 Å². The van der Waals surface area contributed by atoms with Gasteiger partial charge in [-0.15, -0.1) is 0 Å². The van der Waals surface area contributed by atoms with Crippen LogP contribution >= 0.6 is 11.8 Å². The van der Waals surface area contributed by atoms with Crippen molar-refractivity contribution in [1.82, 2.24) is 9.97 Å². The molecule has 2 aromatic rings. The van der Waals surface area contributed by atoms with E-state index in [9.17, 15) is 0 Å². The lowest BCUT2D eigenvalue weighted by Crippen LogP contribution is -2.42. The number of H-pyrrole nitrogens is 1. The highest BCUT2D eigenvalue weighted by atomic mass is 32.2. The smallest absolute Gasteiger partial charge is 0.166 e. The maximum absolute atomic E-state index is 6.37. The van der Waals surface area contributed by atoms with E-state index in [1.807, 2.05) is 18.2 Å². The molecule has 1 heterocycles. The summed E-state index contributed by atoms with van der Waals surface area (Å²) in [4.78, 5) is 8.05. The molecule has 4 nitrogen and oxygen atoms in total. The molecule has 21 heavy (non-hydrogen) atoms. The Morgan fingerprint density at radius 1 is 1.33 bits per heavy atom. The third-order valence-corrected chi connectivity index (χ3v) is 5.85. The SMILES string of the molecule is COc1ccc2nc(SC3C(C)CC(C)CC3N)[nH]c2c1. The minimum absolute atomic E-state index is 0.247. The predicted molar refractivity (Wildman–Crippen MR) is 87.8 cm³/mol. The van der Waals surface area contributed by atoms with E-state index in [1.165, 1.54) is 6.42 Å². The van der Waals surface area contributed by atoms with E-state index in [4.69, 9.17) is 10.5 Å². The fourth-order valence-corrected chi connectivity index (χ4v) is 4.57. The monoisotopic (exact) mass is 305 g/mol. The molecule has 0 saturated heterocycles. The maximum atomic E-state index is 6.37. The highest BCUT2D eigenvalue weighted by Gasteiger charge is 2.33. The molecule has 0 amide bonds. The van der Waals surface area contributed by atoms with Crippen molar-refractivity contribution in [1.29, 1.82) is 0 Å². The van der Waals surface area contributed by atoms with Gasteiger partial charge in [0, 0.05) is 17.4 Å². The second-order valence-electron chi connectivity index (χ2n) is 6.23. The molecule has 1 aliphatic carbocycles. The van der Waals surface area contributed by atoms with Crippen LogP contribution in [0, 0.1) is 11.8 Å². The minimum Gasteiger partial charge on any atom is -0.497 e. The fourth-order valence-electron chi connectivity index (χ4n) is 3.37. The molecule has 4 atom stereocenters. The van der Waals surface area contributed by atoms with Crippen molar-refractivity contribution in [2.75, 3.05) is 7.11 Å². The summed E-state index contributed by atoms with van der Waals surface area (Å²) in [5.74, 6) is 2.20. The van der Waals surface area contributed by atoms with Gasteiger partial charge < -0.3 is 15.5 Å². The number of nitrogens with zero attached hydrogens (tertiary/aromatic N) is 1. The molecule has 1 aliphatic rings. The number of benzene rings is 1. The zero-order chi connectivity index (χ0) is 15.0. The van der Waals surface area contributed by atoms with Crippen LogP contribution in [0.2, 0.25) is 0 Å². The van der Waals surface area contributed by atoms with Crippen molar-refractivity contribution in [3.8, 4) is 5.75 Å². The minimum atomic E-state index is 0.247. The highest BCUT2D eigenvalue weighted by molar-refractivity contribution is 7.99. The normalized spacial score (nSPS) is 29.7. The number of hydrogen-bond acceptors (Lipinski definition) is 4. The number of methoxy groups -OCH3 is 1. The van der Waals surface area contributed by atoms with E-state index in [2.05, 4.69) is 23.8 Å². The van der Waals surface area contributed by atoms with Crippen LogP contribution in [0.4, 0.5) is 0 Å². The largest absolute Gasteiger partial charge is 0.497 e. The Balaban J connectivity index is 1.81. The zero-order valence-electron chi connectivity index (χ0n) is 12.8. The first-order chi connectivity index (χ1) is 10.1. The topological polar surface area (TPSA) is 63.9 Å². The molecule has 3 rings (SSSR count). The second-order valence-corrected chi connectivity index (χ2v) is 7.39. The van der Waals surface area contributed by atoms with Crippen LogP contribution in [-0.2, 0) is 0 Å². The van der Waals surface area contributed by atoms with Crippen LogP contribution in [0.3, 0.4) is 0 Å². The van der Waals surface area contributed by atoms with Crippen LogP contribution in [0.5, 0.6) is 5.75 Å². The number of imidazole rings is 1. The van der Waals surface area contributed by atoms with Crippen molar-refractivity contribution < 1.29 is 4.74 Å². The summed E-state index contributed by atoms with van der Waals surface area (Å²) in [5.41, 5.74) is 8.36. The van der Waals surface area contributed by atoms with Crippen molar-refractivity contribution in [3.05, 3.63) is 18.2 Å². The van der Waals surface area contributed by atoms with E-state index in [1.54, 1.807) is 18.9 Å². The summed E-state index contributed by atoms with van der Waals surface area (Å²) in [6, 6.07) is 6.16. The van der Waals surface area contributed by atoms with Crippen molar-refractivity contribution >= 4 is 22.8 Å². The first-order valence-corrected chi connectivity index (χ1v) is 8.40. The number of aromatic nitrogens is 2. The third-order valence-electron chi connectivity index (χ3n) is 4.35. The van der Waals surface area contributed by atoms with Gasteiger partial charge in [0.2, 0.25) is 0 Å². The standard InChI is InChI=1S/C16H23N3OS/c1-9-6-10(2)15(12(17)7-9)21-16-18-13-5-4-11(20-3)8-14(13)19-16/h4-5,8-10,12,15H,6-7,17H2,1-3H3,(H,18,19). The predicted octanol–water partition coefficient (Wildman–Crippen LogP) is 3.43. The van der Waals surface area contributed by atoms with Gasteiger partial charge in [-0.2, -0.15) is 0 Å². The lowest BCUT2D eigenvalue weighted by molar-refractivity contribution is 0.279. The van der Waals surface area contributed by atoms with Crippen molar-refractivity contribution in [2.24, 2.45) is 17.6 Å². The Morgan fingerprint density at radius 2 is 2.14 bits per heavy atom. The van der Waals surface area contributed by atoms with E-state index in [-0.39, 0.29) is 6.04 Å². The lowest BCUT2D eigenvalue weighted by atomic mass is 9.80. The number of aromatic amines is 1. The van der Waals surface area contributed by atoms with Crippen LogP contribution < -0.4 is 10.5 Å². The van der Waals surface area contributed by atoms with E-state index in [0.29, 0.717) is 11.2 Å². The van der Waals surface area contributed by atoms with E-state index >= 15 is 0 Å². The Labute approximate surface area is 129 Å². The van der Waals surface area contributed by atoms with Gasteiger partial charge in [0.05, 0.1) is 18.1 Å². The molecule has 1 fully saturated rings. The summed E-state index contributed by atoms with van der Waals surface area (Å²) in [6.07, 6.45) is 2.36. The highest BCUT2D eigenvalue weighted by Crippen LogP contribution is 2.38. The fraction of sp³-hybridized carbons (Fsp3) is 0.562. The summed E-state index contributed by atoms with van der Waals surface area (Å²) < 4.78 is 5.25. The molecule has 114 valence electrons. The first-order valence-electron chi connectivity index (χ1n) is 7.53. The molecule has 3 N–H and O–H groups in total. The number of hydrogen-bond donors (Lipinski definition) is 2. The van der Waals surface area contributed by atoms with Gasteiger partial charge in [0.1, 0.15) is 5.75 Å². The van der Waals surface area contributed by atoms with E-state index in [0.717, 1.165) is 34.3 Å². The molecule has 4 unspecified atom stereocenters. The molecule has 1 aromatic carbocycles. The quantitative estimate of drug-likeness (QED) is 0.912. The summed E-state index contributed by atoms with van der Waals surface area (Å²) in [5, 5.41) is 1.39. The van der Waals surface area contributed by atoms with Gasteiger partial charge in [0.25, 0.3) is 0 Å². The first kappa shape index (κ1) is 14.7.